The highest BCUT2D eigenvalue weighted by molar-refractivity contribution is 8.18. The summed E-state index contributed by atoms with van der Waals surface area (Å²) in [5.41, 5.74) is 0.402. The van der Waals surface area contributed by atoms with Crippen molar-refractivity contribution in [2.45, 2.75) is 0 Å². The smallest absolute Gasteiger partial charge is 0.294 e. The van der Waals surface area contributed by atoms with Crippen molar-refractivity contribution in [3.05, 3.63) is 85.4 Å². The maximum atomic E-state index is 12.7. The van der Waals surface area contributed by atoms with Gasteiger partial charge in [0, 0.05) is 27.9 Å². The van der Waals surface area contributed by atoms with Crippen LogP contribution in [0, 0.1) is 10.1 Å². The molecule has 1 N–H and O–H groups in total. The second-order valence-electron chi connectivity index (χ2n) is 6.95. The molecule has 12 heteroatoms. The van der Waals surface area contributed by atoms with E-state index in [0.717, 1.165) is 4.90 Å². The van der Waals surface area contributed by atoms with Crippen molar-refractivity contribution < 1.29 is 23.7 Å². The summed E-state index contributed by atoms with van der Waals surface area (Å²) in [5, 5.41) is 13.9. The van der Waals surface area contributed by atoms with Crippen LogP contribution in [0.4, 0.5) is 16.2 Å². The molecule has 1 aliphatic rings. The number of benzene rings is 2. The topological polar surface area (TPSA) is 123 Å². The van der Waals surface area contributed by atoms with Gasteiger partial charge in [-0.1, -0.05) is 29.3 Å². The molecule has 172 valence electrons. The fourth-order valence-electron chi connectivity index (χ4n) is 3.12. The van der Waals surface area contributed by atoms with Crippen molar-refractivity contribution >= 4 is 69.5 Å². The van der Waals surface area contributed by atoms with Crippen LogP contribution in [0.1, 0.15) is 5.76 Å². The van der Waals surface area contributed by atoms with Gasteiger partial charge in [-0.25, -0.2) is 0 Å². The standard InChI is InChI=1S/C22H13Cl2N3O6S/c23-12-2-1-3-14(8-12)25-20(28)11-26-21(29)19(34-22(26)30)10-15-5-7-18(33-15)16-6-4-13(24)9-17(16)27(31)32/h1-10H,11H2,(H,25,28)/b19-10+. The number of halogens is 2. The number of furan rings is 1. The number of nitrogens with zero attached hydrogens (tertiary/aromatic N) is 2. The van der Waals surface area contributed by atoms with Crippen LogP contribution in [0.5, 0.6) is 0 Å². The maximum absolute atomic E-state index is 12.7. The van der Waals surface area contributed by atoms with Gasteiger partial charge in [0.05, 0.1) is 15.4 Å². The molecule has 9 nitrogen and oxygen atoms in total. The molecule has 0 spiro atoms. The molecule has 3 amide bonds. The van der Waals surface area contributed by atoms with Crippen LogP contribution in [0.3, 0.4) is 0 Å². The molecule has 1 aliphatic heterocycles. The second kappa shape index (κ2) is 9.72. The molecule has 1 saturated heterocycles. The molecule has 2 aromatic carbocycles. The van der Waals surface area contributed by atoms with E-state index >= 15 is 0 Å². The van der Waals surface area contributed by atoms with Crippen molar-refractivity contribution in [2.24, 2.45) is 0 Å². The number of rotatable bonds is 6. The first-order valence-corrected chi connectivity index (χ1v) is 11.1. The van der Waals surface area contributed by atoms with E-state index in [4.69, 9.17) is 27.6 Å². The minimum atomic E-state index is -0.660. The van der Waals surface area contributed by atoms with Crippen molar-refractivity contribution in [1.29, 1.82) is 0 Å². The number of thioether (sulfide) groups is 1. The number of nitro benzene ring substituents is 1. The van der Waals surface area contributed by atoms with E-state index in [2.05, 4.69) is 5.32 Å². The van der Waals surface area contributed by atoms with Crippen LogP contribution < -0.4 is 5.32 Å². The average Bonchev–Trinajstić information content (AvgIpc) is 3.34. The Labute approximate surface area is 206 Å². The van der Waals surface area contributed by atoms with E-state index in [0.29, 0.717) is 22.5 Å². The highest BCUT2D eigenvalue weighted by Crippen LogP contribution is 2.36. The van der Waals surface area contributed by atoms with Crippen LogP contribution >= 0.6 is 35.0 Å². The Bertz CT molecular complexity index is 1370. The molecular weight excluding hydrogens is 505 g/mol. The summed E-state index contributed by atoms with van der Waals surface area (Å²) in [6, 6.07) is 13.6. The molecule has 1 fully saturated rings. The fourth-order valence-corrected chi connectivity index (χ4v) is 4.29. The second-order valence-corrected chi connectivity index (χ2v) is 8.81. The summed E-state index contributed by atoms with van der Waals surface area (Å²) < 4.78 is 5.64. The normalized spacial score (nSPS) is 14.6. The zero-order chi connectivity index (χ0) is 24.4. The first-order valence-electron chi connectivity index (χ1n) is 9.56. The largest absolute Gasteiger partial charge is 0.456 e. The zero-order valence-electron chi connectivity index (χ0n) is 17.0. The van der Waals surface area contributed by atoms with Gasteiger partial charge < -0.3 is 9.73 Å². The van der Waals surface area contributed by atoms with Crippen molar-refractivity contribution in [1.82, 2.24) is 4.90 Å². The van der Waals surface area contributed by atoms with E-state index < -0.39 is 28.5 Å². The van der Waals surface area contributed by atoms with Gasteiger partial charge in [0.1, 0.15) is 18.1 Å². The third-order valence-electron chi connectivity index (χ3n) is 4.61. The predicted molar refractivity (Wildman–Crippen MR) is 129 cm³/mol. The first-order chi connectivity index (χ1) is 16.2. The molecular formula is C22H13Cl2N3O6S. The SMILES string of the molecule is O=C(CN1C(=O)S/C(=C/c2ccc(-c3ccc(Cl)cc3[N+](=O)[O-])o2)C1=O)Nc1cccc(Cl)c1. The van der Waals surface area contributed by atoms with E-state index in [-0.39, 0.29) is 32.7 Å². The maximum Gasteiger partial charge on any atom is 0.294 e. The van der Waals surface area contributed by atoms with E-state index in [1.807, 2.05) is 0 Å². The zero-order valence-corrected chi connectivity index (χ0v) is 19.3. The molecule has 0 saturated carbocycles. The minimum Gasteiger partial charge on any atom is -0.456 e. The summed E-state index contributed by atoms with van der Waals surface area (Å²) >= 11 is 12.4. The van der Waals surface area contributed by atoms with Crippen LogP contribution in [0.15, 0.2) is 63.9 Å². The minimum absolute atomic E-state index is 0.0482. The van der Waals surface area contributed by atoms with E-state index in [1.165, 1.54) is 42.5 Å². The van der Waals surface area contributed by atoms with Crippen molar-refractivity contribution in [3.63, 3.8) is 0 Å². The van der Waals surface area contributed by atoms with E-state index in [1.54, 1.807) is 18.2 Å². The monoisotopic (exact) mass is 517 g/mol. The Kier molecular flexibility index (Phi) is 6.73. The van der Waals surface area contributed by atoms with Crippen LogP contribution in [0.2, 0.25) is 10.0 Å². The van der Waals surface area contributed by atoms with Gasteiger partial charge in [-0.2, -0.15) is 0 Å². The van der Waals surface area contributed by atoms with Gasteiger partial charge >= 0.3 is 0 Å². The Balaban J connectivity index is 1.49. The van der Waals surface area contributed by atoms with Gasteiger partial charge in [-0.05, 0) is 54.2 Å². The number of anilines is 1. The lowest BCUT2D eigenvalue weighted by atomic mass is 10.1. The highest BCUT2D eigenvalue weighted by Gasteiger charge is 2.36. The predicted octanol–water partition coefficient (Wildman–Crippen LogP) is 5.84. The number of carbonyl (C=O) groups is 3. The summed E-state index contributed by atoms with van der Waals surface area (Å²) in [6.45, 7) is -0.477. The number of amides is 3. The van der Waals surface area contributed by atoms with Gasteiger partial charge in [-0.3, -0.25) is 29.4 Å². The Morgan fingerprint density at radius 2 is 1.88 bits per heavy atom. The summed E-state index contributed by atoms with van der Waals surface area (Å²) in [5.74, 6) is -0.837. The molecule has 4 rings (SSSR count). The van der Waals surface area contributed by atoms with Crippen molar-refractivity contribution in [3.8, 4) is 11.3 Å². The molecule has 0 unspecified atom stereocenters. The molecule has 2 heterocycles. The molecule has 0 radical (unpaired) electrons. The molecule has 3 aromatic rings. The lowest BCUT2D eigenvalue weighted by Gasteiger charge is -2.12. The molecule has 0 aliphatic carbocycles. The number of nitrogens with one attached hydrogen (secondary N) is 1. The number of nitro groups is 1. The summed E-state index contributed by atoms with van der Waals surface area (Å²) in [6.07, 6.45) is 1.34. The molecule has 34 heavy (non-hydrogen) atoms. The van der Waals surface area contributed by atoms with Crippen LogP contribution in [-0.4, -0.2) is 33.4 Å². The first kappa shape index (κ1) is 23.6. The van der Waals surface area contributed by atoms with Gasteiger partial charge in [0.15, 0.2) is 0 Å². The van der Waals surface area contributed by atoms with Gasteiger partial charge in [-0.15, -0.1) is 0 Å². The summed E-state index contributed by atoms with van der Waals surface area (Å²) in [4.78, 5) is 48.9. The Morgan fingerprint density at radius 1 is 1.12 bits per heavy atom. The Hall–Kier alpha value is -3.60. The van der Waals surface area contributed by atoms with Gasteiger partial charge in [0.2, 0.25) is 5.91 Å². The fraction of sp³-hybridized carbons (Fsp3) is 0.0455. The lowest BCUT2D eigenvalue weighted by molar-refractivity contribution is -0.384. The molecule has 0 atom stereocenters. The molecule has 1 aromatic heterocycles. The third kappa shape index (κ3) is 5.14. The van der Waals surface area contributed by atoms with Crippen molar-refractivity contribution in [2.75, 3.05) is 11.9 Å². The molecule has 0 bridgehead atoms. The lowest BCUT2D eigenvalue weighted by Crippen LogP contribution is -2.36. The average molecular weight is 518 g/mol. The highest BCUT2D eigenvalue weighted by atomic mass is 35.5. The van der Waals surface area contributed by atoms with E-state index in [9.17, 15) is 24.5 Å². The van der Waals surface area contributed by atoms with Crippen LogP contribution in [-0.2, 0) is 9.59 Å². The third-order valence-corrected chi connectivity index (χ3v) is 5.98. The number of hydrogen-bond acceptors (Lipinski definition) is 7. The number of carbonyl (C=O) groups excluding carboxylic acids is 3. The number of imide groups is 1. The van der Waals surface area contributed by atoms with Crippen LogP contribution in [0.25, 0.3) is 17.4 Å². The quantitative estimate of drug-likeness (QED) is 0.247. The summed E-state index contributed by atoms with van der Waals surface area (Å²) in [7, 11) is 0. The number of hydrogen-bond donors (Lipinski definition) is 1. The van der Waals surface area contributed by atoms with Gasteiger partial charge in [0.25, 0.3) is 16.8 Å². The Morgan fingerprint density at radius 3 is 2.62 bits per heavy atom.